The van der Waals surface area contributed by atoms with Crippen molar-refractivity contribution in [2.75, 3.05) is 24.7 Å². The maximum Gasteiger partial charge on any atom is 0.338 e. The number of hydrogen-bond acceptors (Lipinski definition) is 15. The highest BCUT2D eigenvalue weighted by Gasteiger charge is 2.30. The van der Waals surface area contributed by atoms with Crippen molar-refractivity contribution >= 4 is 46.3 Å². The van der Waals surface area contributed by atoms with Gasteiger partial charge in [-0.05, 0) is 61.1 Å². The second-order valence-corrected chi connectivity index (χ2v) is 18.1. The fourth-order valence-corrected chi connectivity index (χ4v) is 6.80. The van der Waals surface area contributed by atoms with Gasteiger partial charge in [-0.3, -0.25) is 0 Å². The maximum atomic E-state index is 13.0. The summed E-state index contributed by atoms with van der Waals surface area (Å²) >= 11 is 0. The second kappa shape index (κ2) is 21.8. The molecular formula is C47H65N13O4. The minimum Gasteiger partial charge on any atom is -0.462 e. The third kappa shape index (κ3) is 12.4. The molecule has 0 spiro atoms. The van der Waals surface area contributed by atoms with Crippen molar-refractivity contribution in [2.45, 2.75) is 131 Å². The zero-order valence-electron chi connectivity index (χ0n) is 39.1. The van der Waals surface area contributed by atoms with Gasteiger partial charge in [-0.2, -0.15) is 44.7 Å². The molecule has 17 nitrogen and oxygen atoms in total. The molecule has 5 aromatic rings. The molecular weight excluding hydrogens is 811 g/mol. The Morgan fingerprint density at radius 1 is 0.641 bits per heavy atom. The first kappa shape index (κ1) is 48.6. The normalized spacial score (nSPS) is 13.2. The van der Waals surface area contributed by atoms with E-state index in [1.807, 2.05) is 41.5 Å². The number of anilines is 2. The van der Waals surface area contributed by atoms with Crippen LogP contribution in [0.1, 0.15) is 153 Å². The summed E-state index contributed by atoms with van der Waals surface area (Å²) in [6.45, 7) is 21.1. The Kier molecular flexibility index (Phi) is 16.6. The number of hydrogen-bond donors (Lipinski definition) is 2. The number of benzene rings is 2. The summed E-state index contributed by atoms with van der Waals surface area (Å²) in [6, 6.07) is 13.6. The van der Waals surface area contributed by atoms with Gasteiger partial charge in [0.05, 0.1) is 47.1 Å². The molecule has 0 radical (unpaired) electrons. The summed E-state index contributed by atoms with van der Waals surface area (Å²) in [5.41, 5.74) is 15.8. The van der Waals surface area contributed by atoms with Crippen LogP contribution in [0.15, 0.2) is 75.3 Å². The molecule has 4 N–H and O–H groups in total. The van der Waals surface area contributed by atoms with Gasteiger partial charge in [0.25, 0.3) is 11.9 Å². The molecule has 0 amide bonds. The molecule has 0 aliphatic carbocycles. The van der Waals surface area contributed by atoms with Crippen LogP contribution in [0.3, 0.4) is 0 Å². The van der Waals surface area contributed by atoms with Crippen molar-refractivity contribution in [3.05, 3.63) is 77.4 Å². The van der Waals surface area contributed by atoms with Gasteiger partial charge in [0.15, 0.2) is 23.0 Å². The molecule has 0 aliphatic rings. The summed E-state index contributed by atoms with van der Waals surface area (Å²) in [4.78, 5) is 39.4. The average Bonchev–Trinajstić information content (AvgIpc) is 3.81. The van der Waals surface area contributed by atoms with Gasteiger partial charge in [-0.1, -0.05) is 120 Å². The van der Waals surface area contributed by atoms with Crippen molar-refractivity contribution in [1.82, 2.24) is 34.5 Å². The molecule has 0 aliphatic heterocycles. The van der Waals surface area contributed by atoms with E-state index in [0.717, 1.165) is 51.4 Å². The van der Waals surface area contributed by atoms with Crippen molar-refractivity contribution in [3.63, 3.8) is 0 Å². The fraction of sp³-hybridized carbons (Fsp3) is 0.511. The van der Waals surface area contributed by atoms with Crippen molar-refractivity contribution in [3.8, 4) is 11.9 Å². The van der Waals surface area contributed by atoms with Crippen LogP contribution in [0.25, 0.3) is 11.9 Å². The Bertz CT molecular complexity index is 2260. The zero-order chi connectivity index (χ0) is 46.6. The number of unbranched alkanes of at least 4 members (excludes halogenated alkanes) is 2. The largest absolute Gasteiger partial charge is 0.462 e. The number of nitrogen functional groups attached to an aromatic ring is 2. The number of ether oxygens (including phenoxy) is 2. The molecule has 0 saturated carbocycles. The zero-order valence-corrected chi connectivity index (χ0v) is 39.1. The molecule has 3 aromatic heterocycles. The molecule has 0 fully saturated rings. The van der Waals surface area contributed by atoms with Crippen LogP contribution < -0.4 is 11.5 Å². The van der Waals surface area contributed by atoms with E-state index in [4.69, 9.17) is 31.1 Å². The Morgan fingerprint density at radius 3 is 1.41 bits per heavy atom. The van der Waals surface area contributed by atoms with Crippen molar-refractivity contribution in [2.24, 2.45) is 32.3 Å². The summed E-state index contributed by atoms with van der Waals surface area (Å²) in [7, 11) is 0. The smallest absolute Gasteiger partial charge is 0.338 e. The standard InChI is InChI=1S/C47H65N13O4/c1-11-15-19-30(13-3)27-63-42(61)32-21-17-23-34(25-32)53-55-36-38(46(5,6)7)57-59(40(36)48)44-50-29-51-45(52-44)60-41(49)37(39(58-60)47(8,9)10)56-54-35-24-18-22-33(26-35)43(62)64-28-31(14-4)20-16-12-2/h17-18,21-26,29-31H,11-16,19-20,27-28,48-49H2,1-10H3/b55-53+,56-54+. The molecule has 17 heteroatoms. The lowest BCUT2D eigenvalue weighted by molar-refractivity contribution is 0.0419. The first-order chi connectivity index (χ1) is 30.5. The van der Waals surface area contributed by atoms with E-state index >= 15 is 0 Å². The first-order valence-corrected chi connectivity index (χ1v) is 22.3. The van der Waals surface area contributed by atoms with E-state index in [1.54, 1.807) is 48.5 Å². The van der Waals surface area contributed by atoms with Gasteiger partial charge >= 0.3 is 11.9 Å². The maximum absolute atomic E-state index is 13.0. The van der Waals surface area contributed by atoms with Gasteiger partial charge in [0.1, 0.15) is 6.33 Å². The molecule has 64 heavy (non-hydrogen) atoms. The van der Waals surface area contributed by atoms with E-state index in [9.17, 15) is 9.59 Å². The molecule has 342 valence electrons. The van der Waals surface area contributed by atoms with Gasteiger partial charge in [-0.25, -0.2) is 9.59 Å². The Morgan fingerprint density at radius 2 is 1.05 bits per heavy atom. The number of carbonyl (C=O) groups is 2. The fourth-order valence-electron chi connectivity index (χ4n) is 6.80. The van der Waals surface area contributed by atoms with Gasteiger partial charge < -0.3 is 20.9 Å². The minimum atomic E-state index is -0.525. The number of carbonyl (C=O) groups excluding carboxylic acids is 2. The summed E-state index contributed by atoms with van der Waals surface area (Å²) in [5, 5.41) is 27.6. The summed E-state index contributed by atoms with van der Waals surface area (Å²) in [6.07, 6.45) is 9.63. The predicted molar refractivity (Wildman–Crippen MR) is 249 cm³/mol. The molecule has 5 rings (SSSR count). The molecule has 2 aromatic carbocycles. The van der Waals surface area contributed by atoms with E-state index in [2.05, 4.69) is 63.1 Å². The van der Waals surface area contributed by atoms with Gasteiger partial charge in [-0.15, -0.1) is 10.2 Å². The summed E-state index contributed by atoms with van der Waals surface area (Å²) in [5.74, 6) is 0.244. The van der Waals surface area contributed by atoms with Crippen LogP contribution in [0.2, 0.25) is 0 Å². The van der Waals surface area contributed by atoms with Gasteiger partial charge in [0, 0.05) is 10.8 Å². The first-order valence-electron chi connectivity index (χ1n) is 22.3. The Balaban J connectivity index is 1.42. The van der Waals surface area contributed by atoms with Crippen molar-refractivity contribution in [1.29, 1.82) is 0 Å². The van der Waals surface area contributed by atoms with E-state index in [-0.39, 0.29) is 23.5 Å². The lowest BCUT2D eigenvalue weighted by Gasteiger charge is -2.15. The van der Waals surface area contributed by atoms with E-state index in [0.29, 0.717) is 70.3 Å². The quantitative estimate of drug-likeness (QED) is 0.0552. The highest BCUT2D eigenvalue weighted by atomic mass is 16.5. The molecule has 3 heterocycles. The Labute approximate surface area is 376 Å². The number of azo groups is 2. The SMILES string of the molecule is CCCCC(CC)COC(=O)c1cccc(/N=N/c2c(C(C)(C)C)nn(-c3ncnc(-n4nc(C(C)(C)C)c(/N=N/c5cccc(C(=O)OCC(CC)CCCC)c5)c4N)n3)c2N)c1. The number of aromatic nitrogens is 7. The molecule has 2 atom stereocenters. The number of rotatable bonds is 20. The van der Waals surface area contributed by atoms with Crippen LogP contribution >= 0.6 is 0 Å². The molecule has 2 unspecified atom stereocenters. The lowest BCUT2D eigenvalue weighted by atomic mass is 9.91. The van der Waals surface area contributed by atoms with Crippen LogP contribution in [-0.4, -0.2) is 59.7 Å². The lowest BCUT2D eigenvalue weighted by Crippen LogP contribution is -2.16. The third-order valence-corrected chi connectivity index (χ3v) is 10.8. The molecule has 0 bridgehead atoms. The number of nitrogens with two attached hydrogens (primary N) is 2. The van der Waals surface area contributed by atoms with Crippen LogP contribution in [0, 0.1) is 11.8 Å². The Hall–Kier alpha value is -6.39. The topological polar surface area (TPSA) is 228 Å². The monoisotopic (exact) mass is 876 g/mol. The van der Waals surface area contributed by atoms with E-state index < -0.39 is 22.8 Å². The number of nitrogens with zero attached hydrogens (tertiary/aromatic N) is 11. The molecule has 0 saturated heterocycles. The number of esters is 2. The predicted octanol–water partition coefficient (Wildman–Crippen LogP) is 11.6. The van der Waals surface area contributed by atoms with E-state index in [1.165, 1.54) is 15.7 Å². The van der Waals surface area contributed by atoms with Crippen LogP contribution in [0.4, 0.5) is 34.4 Å². The minimum absolute atomic E-state index is 0.0817. The summed E-state index contributed by atoms with van der Waals surface area (Å²) < 4.78 is 14.1. The van der Waals surface area contributed by atoms with Crippen molar-refractivity contribution < 1.29 is 19.1 Å². The highest BCUT2D eigenvalue weighted by molar-refractivity contribution is 5.91. The van der Waals surface area contributed by atoms with Gasteiger partial charge in [0.2, 0.25) is 0 Å². The van der Waals surface area contributed by atoms with Crippen LogP contribution in [0.5, 0.6) is 0 Å². The second-order valence-electron chi connectivity index (χ2n) is 18.1. The van der Waals surface area contributed by atoms with Crippen LogP contribution in [-0.2, 0) is 20.3 Å². The highest BCUT2D eigenvalue weighted by Crippen LogP contribution is 2.39. The average molecular weight is 876 g/mol. The third-order valence-electron chi connectivity index (χ3n) is 10.8.